The average Bonchev–Trinajstić information content (AvgIpc) is 2.94. The molecule has 0 spiro atoms. The van der Waals surface area contributed by atoms with E-state index in [4.69, 9.17) is 17.2 Å². The van der Waals surface area contributed by atoms with Crippen molar-refractivity contribution in [2.24, 2.45) is 17.2 Å². The minimum absolute atomic E-state index is 0.0565. The van der Waals surface area contributed by atoms with Crippen LogP contribution < -0.4 is 27.8 Å². The van der Waals surface area contributed by atoms with Crippen LogP contribution in [-0.2, 0) is 22.2 Å². The lowest BCUT2D eigenvalue weighted by Crippen LogP contribution is -2.52. The van der Waals surface area contributed by atoms with Crippen molar-refractivity contribution in [1.29, 1.82) is 0 Å². The fourth-order valence-electron chi connectivity index (χ4n) is 4.81. The van der Waals surface area contributed by atoms with Crippen LogP contribution in [0.15, 0.2) is 54.9 Å². The maximum Gasteiger partial charge on any atom is 0.416 e. The summed E-state index contributed by atoms with van der Waals surface area (Å²) in [6, 6.07) is 7.98. The number of benzene rings is 2. The molecule has 0 aliphatic heterocycles. The zero-order valence-electron chi connectivity index (χ0n) is 23.7. The number of quaternary nitrogens is 1. The van der Waals surface area contributed by atoms with Crippen LogP contribution in [0.1, 0.15) is 30.4 Å². The third-order valence-electron chi connectivity index (χ3n) is 7.23. The van der Waals surface area contributed by atoms with Gasteiger partial charge in [-0.05, 0) is 55.5 Å². The molecule has 0 saturated carbocycles. The number of nitrogens with zero attached hydrogens (tertiary/aromatic N) is 3. The fourth-order valence-corrected chi connectivity index (χ4v) is 4.81. The molecule has 0 aliphatic rings. The number of hydrogen-bond acceptors (Lipinski definition) is 7. The Morgan fingerprint density at radius 2 is 1.62 bits per heavy atom. The van der Waals surface area contributed by atoms with Gasteiger partial charge in [0.05, 0.1) is 49.3 Å². The van der Waals surface area contributed by atoms with Crippen molar-refractivity contribution in [3.8, 4) is 0 Å². The Balaban J connectivity index is 1.70. The van der Waals surface area contributed by atoms with Gasteiger partial charge in [-0.25, -0.2) is 0 Å². The Morgan fingerprint density at radius 1 is 0.929 bits per heavy atom. The van der Waals surface area contributed by atoms with E-state index in [0.29, 0.717) is 52.7 Å². The van der Waals surface area contributed by atoms with E-state index < -0.39 is 35.6 Å². The summed E-state index contributed by atoms with van der Waals surface area (Å²) < 4.78 is 40.3. The second-order valence-corrected chi connectivity index (χ2v) is 10.7. The Morgan fingerprint density at radius 3 is 2.29 bits per heavy atom. The highest BCUT2D eigenvalue weighted by Gasteiger charge is 2.31. The molecule has 10 nitrogen and oxygen atoms in total. The molecular formula is C29H40F3N8O2+. The van der Waals surface area contributed by atoms with Gasteiger partial charge in [-0.3, -0.25) is 19.6 Å². The van der Waals surface area contributed by atoms with E-state index in [1.54, 1.807) is 30.5 Å². The summed E-state index contributed by atoms with van der Waals surface area (Å²) in [5, 5.41) is 5.49. The van der Waals surface area contributed by atoms with Gasteiger partial charge in [0.25, 0.3) is 0 Å². The van der Waals surface area contributed by atoms with Crippen LogP contribution in [0.2, 0.25) is 0 Å². The van der Waals surface area contributed by atoms with E-state index in [0.717, 1.165) is 31.8 Å². The third kappa shape index (κ3) is 9.72. The van der Waals surface area contributed by atoms with Crippen molar-refractivity contribution in [2.45, 2.75) is 43.9 Å². The summed E-state index contributed by atoms with van der Waals surface area (Å²) in [7, 11) is 2.05. The highest BCUT2D eigenvalue weighted by molar-refractivity contribution is 5.98. The number of amides is 2. The van der Waals surface area contributed by atoms with Crippen molar-refractivity contribution < 1.29 is 27.2 Å². The van der Waals surface area contributed by atoms with Crippen LogP contribution in [0.4, 0.5) is 18.9 Å². The number of aromatic nitrogens is 2. The summed E-state index contributed by atoms with van der Waals surface area (Å²) in [5.74, 6) is -1.05. The molecule has 228 valence electrons. The molecular weight excluding hydrogens is 549 g/mol. The molecule has 0 aliphatic carbocycles. The zero-order valence-corrected chi connectivity index (χ0v) is 23.7. The molecule has 42 heavy (non-hydrogen) atoms. The molecule has 1 aromatic heterocycles. The molecule has 0 radical (unpaired) electrons. The smallest absolute Gasteiger partial charge is 0.343 e. The fraction of sp³-hybridized carbons (Fsp3) is 0.448. The first-order valence-corrected chi connectivity index (χ1v) is 13.9. The molecule has 13 heteroatoms. The van der Waals surface area contributed by atoms with Gasteiger partial charge >= 0.3 is 6.18 Å². The molecule has 8 N–H and O–H groups in total. The zero-order chi connectivity index (χ0) is 30.8. The first-order chi connectivity index (χ1) is 19.9. The van der Waals surface area contributed by atoms with Crippen LogP contribution >= 0.6 is 0 Å². The standard InChI is InChI=1S/C29H39F3N8O2/c1-40(16-11-33,17-12-34)15-3-6-23(35)27(41)39-25(9-7-20-4-2-5-21(18-20)29(30,31)32)28(42)38-22-8-10-24-26(19-22)37-14-13-36-24/h2,4-5,8,10,13-14,18-19,23,25H,3,6-7,9,11-12,15-17,33-35H2,1H3,(H-,37,38,39,41,42)/p+1/t23-,25-/m0/s1. The second-order valence-electron chi connectivity index (χ2n) is 10.7. The Kier molecular flexibility index (Phi) is 11.7. The molecule has 3 aromatic rings. The molecule has 3 rings (SSSR count). The first kappa shape index (κ1) is 32.9. The largest absolute Gasteiger partial charge is 0.416 e. The predicted molar refractivity (Wildman–Crippen MR) is 156 cm³/mol. The van der Waals surface area contributed by atoms with E-state index in [2.05, 4.69) is 27.6 Å². The number of nitrogens with one attached hydrogen (secondary N) is 2. The number of alkyl halides is 3. The predicted octanol–water partition coefficient (Wildman–Crippen LogP) is 2.18. The van der Waals surface area contributed by atoms with Gasteiger partial charge in [0.15, 0.2) is 0 Å². The minimum Gasteiger partial charge on any atom is -0.343 e. The molecule has 2 aromatic carbocycles. The highest BCUT2D eigenvalue weighted by atomic mass is 19.4. The highest BCUT2D eigenvalue weighted by Crippen LogP contribution is 2.30. The number of anilines is 1. The normalized spacial score (nSPS) is 13.5. The summed E-state index contributed by atoms with van der Waals surface area (Å²) in [6.45, 7) is 3.25. The van der Waals surface area contributed by atoms with Gasteiger partial charge in [0.2, 0.25) is 11.8 Å². The Bertz CT molecular complexity index is 1330. The van der Waals surface area contributed by atoms with Crippen molar-refractivity contribution in [3.63, 3.8) is 0 Å². The van der Waals surface area contributed by atoms with Crippen molar-refractivity contribution in [3.05, 3.63) is 66.0 Å². The lowest BCUT2D eigenvalue weighted by Gasteiger charge is -2.34. The Labute approximate surface area is 243 Å². The number of hydrogen-bond donors (Lipinski definition) is 5. The van der Waals surface area contributed by atoms with Crippen LogP contribution in [0.5, 0.6) is 0 Å². The summed E-state index contributed by atoms with van der Waals surface area (Å²) in [6.07, 6.45) is -0.212. The quantitative estimate of drug-likeness (QED) is 0.170. The second kappa shape index (κ2) is 15.0. The van der Waals surface area contributed by atoms with Crippen LogP contribution in [0, 0.1) is 0 Å². The molecule has 0 bridgehead atoms. The number of fused-ring (bicyclic) bond motifs is 1. The summed E-state index contributed by atoms with van der Waals surface area (Å²) in [5.41, 5.74) is 18.9. The van der Waals surface area contributed by atoms with Crippen molar-refractivity contribution >= 4 is 28.5 Å². The minimum atomic E-state index is -4.49. The molecule has 1 heterocycles. The molecule has 0 saturated heterocycles. The number of nitrogens with two attached hydrogens (primary N) is 3. The lowest BCUT2D eigenvalue weighted by atomic mass is 10.0. The number of halogens is 3. The van der Waals surface area contributed by atoms with E-state index >= 15 is 0 Å². The number of aryl methyl sites for hydroxylation is 1. The van der Waals surface area contributed by atoms with Gasteiger partial charge in [-0.15, -0.1) is 0 Å². The summed E-state index contributed by atoms with van der Waals surface area (Å²) >= 11 is 0. The van der Waals surface area contributed by atoms with Crippen LogP contribution in [0.25, 0.3) is 11.0 Å². The summed E-state index contributed by atoms with van der Waals surface area (Å²) in [4.78, 5) is 34.8. The number of carbonyl (C=O) groups is 2. The number of carbonyl (C=O) groups excluding carboxylic acids is 2. The molecule has 0 fully saturated rings. The third-order valence-corrected chi connectivity index (χ3v) is 7.23. The van der Waals surface area contributed by atoms with E-state index in [-0.39, 0.29) is 12.8 Å². The maximum absolute atomic E-state index is 13.3. The van der Waals surface area contributed by atoms with Crippen molar-refractivity contribution in [2.75, 3.05) is 45.1 Å². The van der Waals surface area contributed by atoms with Crippen LogP contribution in [-0.4, -0.2) is 78.1 Å². The molecule has 2 amide bonds. The van der Waals surface area contributed by atoms with E-state index in [1.807, 2.05) is 0 Å². The molecule has 2 atom stereocenters. The van der Waals surface area contributed by atoms with E-state index in [1.165, 1.54) is 12.3 Å². The van der Waals surface area contributed by atoms with Gasteiger partial charge in [-0.1, -0.05) is 18.2 Å². The van der Waals surface area contributed by atoms with Gasteiger partial charge in [-0.2, -0.15) is 13.2 Å². The topological polar surface area (TPSA) is 162 Å². The maximum atomic E-state index is 13.3. The molecule has 0 unspecified atom stereocenters. The number of rotatable bonds is 15. The van der Waals surface area contributed by atoms with Gasteiger partial charge in [0.1, 0.15) is 6.04 Å². The monoisotopic (exact) mass is 589 g/mol. The van der Waals surface area contributed by atoms with Gasteiger partial charge < -0.3 is 32.3 Å². The van der Waals surface area contributed by atoms with E-state index in [9.17, 15) is 22.8 Å². The average molecular weight is 590 g/mol. The lowest BCUT2D eigenvalue weighted by molar-refractivity contribution is -0.907. The number of likely N-dealkylation sites (N-methyl/N-ethyl adjacent to an activating group) is 1. The van der Waals surface area contributed by atoms with Crippen LogP contribution in [0.3, 0.4) is 0 Å². The SMILES string of the molecule is C[N+](CCN)(CCN)CCC[C@H](N)C(=O)N[C@@H](CCc1cccc(C(F)(F)F)c1)C(=O)Nc1ccc2nccnc2c1. The first-order valence-electron chi connectivity index (χ1n) is 13.9. The van der Waals surface area contributed by atoms with Gasteiger partial charge in [0, 0.05) is 31.2 Å². The van der Waals surface area contributed by atoms with Crippen molar-refractivity contribution in [1.82, 2.24) is 15.3 Å². The Hall–Kier alpha value is -3.65.